The number of alkyl carbamates (subject to hydrolysis) is 2. The van der Waals surface area contributed by atoms with Crippen molar-refractivity contribution in [1.29, 1.82) is 0 Å². The van der Waals surface area contributed by atoms with Gasteiger partial charge in [-0.2, -0.15) is 0 Å². The number of allylic oxidation sites excluding steroid dienone is 1. The van der Waals surface area contributed by atoms with E-state index in [2.05, 4.69) is 25.6 Å². The first-order valence-corrected chi connectivity index (χ1v) is 19.7. The number of aliphatic imine (C=N–C) groups is 1. The van der Waals surface area contributed by atoms with Gasteiger partial charge in [-0.05, 0) is 81.0 Å². The molecule has 16 nitrogen and oxygen atoms in total. The van der Waals surface area contributed by atoms with Gasteiger partial charge in [0.1, 0.15) is 35.2 Å². The van der Waals surface area contributed by atoms with E-state index >= 15 is 4.39 Å². The highest BCUT2D eigenvalue weighted by molar-refractivity contribution is 6.04. The first kappa shape index (κ1) is 41.4. The largest absolute Gasteiger partial charge is 0.457 e. The molecule has 2 saturated heterocycles. The van der Waals surface area contributed by atoms with Crippen molar-refractivity contribution in [1.82, 2.24) is 30.4 Å². The highest BCUT2D eigenvalue weighted by Crippen LogP contribution is 2.42. The third-order valence-corrected chi connectivity index (χ3v) is 11.7. The molecule has 0 spiro atoms. The summed E-state index contributed by atoms with van der Waals surface area (Å²) in [6.07, 6.45) is 4.46. The van der Waals surface area contributed by atoms with Gasteiger partial charge < -0.3 is 49.1 Å². The van der Waals surface area contributed by atoms with Crippen molar-refractivity contribution in [3.05, 3.63) is 71.1 Å². The molecule has 0 saturated carbocycles. The number of nitrogens with zero attached hydrogens (tertiary/aromatic N) is 4. The fraction of sp³-hybridized carbons (Fsp3) is 0.476. The number of benzene rings is 2. The minimum absolute atomic E-state index is 0.285. The van der Waals surface area contributed by atoms with Gasteiger partial charge in [-0.15, -0.1) is 0 Å². The summed E-state index contributed by atoms with van der Waals surface area (Å²) in [6.45, 7) is 4.41. The quantitative estimate of drug-likeness (QED) is 0.170. The molecule has 59 heavy (non-hydrogen) atoms. The van der Waals surface area contributed by atoms with Gasteiger partial charge >= 0.3 is 12.2 Å². The molecule has 3 aromatic rings. The lowest BCUT2D eigenvalue weighted by molar-refractivity contribution is -0.138. The van der Waals surface area contributed by atoms with Gasteiger partial charge in [0, 0.05) is 68.8 Å². The number of amides is 4. The van der Waals surface area contributed by atoms with Crippen LogP contribution in [0.1, 0.15) is 74.5 Å². The highest BCUT2D eigenvalue weighted by atomic mass is 19.1. The number of carbonyl (C=O) groups is 4. The lowest BCUT2D eigenvalue weighted by Crippen LogP contribution is -2.56. The molecule has 0 unspecified atom stereocenters. The molecule has 2 fully saturated rings. The van der Waals surface area contributed by atoms with Crippen molar-refractivity contribution in [2.24, 2.45) is 4.99 Å². The summed E-state index contributed by atoms with van der Waals surface area (Å²) < 4.78 is 42.5. The van der Waals surface area contributed by atoms with Gasteiger partial charge in [0.15, 0.2) is 0 Å². The van der Waals surface area contributed by atoms with Crippen molar-refractivity contribution >= 4 is 35.3 Å². The molecule has 2 aromatic carbocycles. The molecule has 0 radical (unpaired) electrons. The van der Waals surface area contributed by atoms with E-state index in [1.54, 1.807) is 42.1 Å². The van der Waals surface area contributed by atoms with Crippen LogP contribution in [-0.2, 0) is 35.0 Å². The zero-order chi connectivity index (χ0) is 42.0. The van der Waals surface area contributed by atoms with E-state index in [9.17, 15) is 19.2 Å². The van der Waals surface area contributed by atoms with E-state index in [4.69, 9.17) is 23.7 Å². The number of halogens is 1. The fourth-order valence-electron chi connectivity index (χ4n) is 8.30. The van der Waals surface area contributed by atoms with Gasteiger partial charge in [-0.25, -0.2) is 19.0 Å². The number of H-pyrrole nitrogens is 1. The standard InChI is InChI=1S/C42H50FN7O9/c1-22(55-3)36(47-41(53)57-5)39(51)49-13-7-9-32(49)30-18-27(20-44-30)28-19-35-26(17-29(28)43)16-25-15-24(11-12-34(25)59-35)31-21-45-38(46-31)33-10-8-14-50(33)40(52)37(23(2)56-4)48-42(54)58-6/h11-12,15,17,19-23,32-33,36-37H,7-10,13-14,16,18H2,1-6H3,(H,45,46)(H,47,53)(H,48,54)/t22-,23-,32+,33+,36+,37+/m1/s1. The summed E-state index contributed by atoms with van der Waals surface area (Å²) in [4.78, 5) is 67.6. The van der Waals surface area contributed by atoms with Crippen molar-refractivity contribution < 1.29 is 47.3 Å². The van der Waals surface area contributed by atoms with Crippen LogP contribution >= 0.6 is 0 Å². The average Bonchev–Trinajstić information content (AvgIpc) is 4.09. The zero-order valence-corrected chi connectivity index (χ0v) is 34.0. The zero-order valence-electron chi connectivity index (χ0n) is 34.0. The van der Waals surface area contributed by atoms with Gasteiger partial charge in [0.2, 0.25) is 11.8 Å². The number of carbonyl (C=O) groups excluding carboxylic acids is 4. The summed E-state index contributed by atoms with van der Waals surface area (Å²) in [7, 11) is 5.43. The summed E-state index contributed by atoms with van der Waals surface area (Å²) in [5.41, 5.74) is 4.98. The van der Waals surface area contributed by atoms with Crippen LogP contribution in [0.25, 0.3) is 16.8 Å². The lowest BCUT2D eigenvalue weighted by atomic mass is 9.93. The minimum atomic E-state index is -0.948. The molecular weight excluding hydrogens is 766 g/mol. The number of hydrogen-bond donors (Lipinski definition) is 3. The molecule has 6 atom stereocenters. The van der Waals surface area contributed by atoms with E-state index < -0.39 is 42.3 Å². The molecular formula is C42H50FN7O9. The number of rotatable bonds is 12. The first-order chi connectivity index (χ1) is 28.4. The smallest absolute Gasteiger partial charge is 0.407 e. The van der Waals surface area contributed by atoms with E-state index in [1.165, 1.54) is 34.5 Å². The predicted molar refractivity (Wildman–Crippen MR) is 213 cm³/mol. The number of likely N-dealkylation sites (tertiary alicyclic amines) is 2. The lowest BCUT2D eigenvalue weighted by Gasteiger charge is -2.31. The number of hydrogen-bond acceptors (Lipinski definition) is 11. The predicted octanol–water partition coefficient (Wildman–Crippen LogP) is 5.27. The van der Waals surface area contributed by atoms with Crippen LogP contribution in [0.15, 0.2) is 47.7 Å². The van der Waals surface area contributed by atoms with E-state index in [0.717, 1.165) is 35.4 Å². The van der Waals surface area contributed by atoms with Crippen LogP contribution in [0.2, 0.25) is 0 Å². The molecule has 7 rings (SSSR count). The Balaban J connectivity index is 1.02. The summed E-state index contributed by atoms with van der Waals surface area (Å²) in [5.74, 6) is 0.853. The third kappa shape index (κ3) is 8.39. The summed E-state index contributed by atoms with van der Waals surface area (Å²) in [6, 6.07) is 6.50. The fourth-order valence-corrected chi connectivity index (χ4v) is 8.30. The maximum atomic E-state index is 15.9. The summed E-state index contributed by atoms with van der Waals surface area (Å²) >= 11 is 0. The van der Waals surface area contributed by atoms with Gasteiger partial charge in [-0.1, -0.05) is 0 Å². The van der Waals surface area contributed by atoms with Crippen LogP contribution < -0.4 is 15.4 Å². The van der Waals surface area contributed by atoms with Crippen molar-refractivity contribution in [3.63, 3.8) is 0 Å². The number of aromatic amines is 1. The Morgan fingerprint density at radius 3 is 2.07 bits per heavy atom. The maximum Gasteiger partial charge on any atom is 0.407 e. The van der Waals surface area contributed by atoms with Crippen LogP contribution in [0.5, 0.6) is 11.5 Å². The van der Waals surface area contributed by atoms with Crippen LogP contribution in [0.4, 0.5) is 14.0 Å². The van der Waals surface area contributed by atoms with E-state index in [0.29, 0.717) is 72.8 Å². The highest BCUT2D eigenvalue weighted by Gasteiger charge is 2.41. The minimum Gasteiger partial charge on any atom is -0.457 e. The Kier molecular flexibility index (Phi) is 12.3. The van der Waals surface area contributed by atoms with E-state index in [-0.39, 0.29) is 23.9 Å². The molecule has 5 heterocycles. The Hall–Kier alpha value is -5.81. The normalized spacial score (nSPS) is 20.3. The van der Waals surface area contributed by atoms with Gasteiger partial charge in [0.05, 0.1) is 50.4 Å². The monoisotopic (exact) mass is 815 g/mol. The van der Waals surface area contributed by atoms with Crippen molar-refractivity contribution in [2.75, 3.05) is 41.5 Å². The molecule has 4 aliphatic rings. The number of imidazole rings is 1. The Labute approximate surface area is 341 Å². The molecule has 0 bridgehead atoms. The first-order valence-electron chi connectivity index (χ1n) is 19.7. The summed E-state index contributed by atoms with van der Waals surface area (Å²) in [5, 5.41) is 5.20. The van der Waals surface area contributed by atoms with Crippen molar-refractivity contribution in [2.45, 2.75) is 88.7 Å². The molecule has 314 valence electrons. The SMILES string of the molecule is COC(=O)N[C@H](C(=O)N1CCC[C@H]1C1=NC=C(c2cc3c(cc2F)Cc2cc(-c4cnc([C@@H]5CCCN5C(=O)[C@@H](NC(=O)OC)[C@@H](C)OC)[nH]4)ccc2O3)C1)[C@@H](C)OC. The molecule has 1 aromatic heterocycles. The molecule has 17 heteroatoms. The van der Waals surface area contributed by atoms with Crippen LogP contribution in [0, 0.1) is 5.82 Å². The number of ether oxygens (including phenoxy) is 5. The van der Waals surface area contributed by atoms with Crippen molar-refractivity contribution in [3.8, 4) is 22.8 Å². The molecule has 4 aliphatic heterocycles. The van der Waals surface area contributed by atoms with Crippen LogP contribution in [-0.4, -0.2) is 121 Å². The number of methoxy groups -OCH3 is 4. The Morgan fingerprint density at radius 2 is 1.44 bits per heavy atom. The molecule has 3 N–H and O–H groups in total. The topological polar surface area (TPSA) is 186 Å². The third-order valence-electron chi connectivity index (χ3n) is 11.7. The number of nitrogens with one attached hydrogen (secondary N) is 3. The second-order valence-electron chi connectivity index (χ2n) is 15.2. The Bertz CT molecular complexity index is 2170. The van der Waals surface area contributed by atoms with Crippen LogP contribution in [0.3, 0.4) is 0 Å². The number of aromatic nitrogens is 2. The molecule has 4 amide bonds. The number of fused-ring (bicyclic) bond motifs is 2. The second-order valence-corrected chi connectivity index (χ2v) is 15.2. The Morgan fingerprint density at radius 1 is 0.831 bits per heavy atom. The van der Waals surface area contributed by atoms with Gasteiger partial charge in [0.25, 0.3) is 0 Å². The molecule has 0 aliphatic carbocycles. The average molecular weight is 816 g/mol. The maximum absolute atomic E-state index is 15.9. The van der Waals surface area contributed by atoms with Gasteiger partial charge in [-0.3, -0.25) is 14.6 Å². The second kappa shape index (κ2) is 17.6. The van der Waals surface area contributed by atoms with E-state index in [1.807, 2.05) is 18.2 Å².